The van der Waals surface area contributed by atoms with E-state index in [0.29, 0.717) is 11.1 Å². The highest BCUT2D eigenvalue weighted by Gasteiger charge is 2.26. The molecule has 4 nitrogen and oxygen atoms in total. The number of hydrogen-bond acceptors (Lipinski definition) is 3. The first-order valence-electron chi connectivity index (χ1n) is 5.83. The lowest BCUT2D eigenvalue weighted by Crippen LogP contribution is -2.31. The van der Waals surface area contributed by atoms with Crippen molar-refractivity contribution in [2.24, 2.45) is 5.92 Å². The molecule has 104 valence electrons. The first kappa shape index (κ1) is 15.6. The van der Waals surface area contributed by atoms with Crippen molar-refractivity contribution in [3.05, 3.63) is 29.1 Å². The monoisotopic (exact) mass is 284 g/mol. The van der Waals surface area contributed by atoms with Crippen LogP contribution in [0.15, 0.2) is 17.0 Å². The summed E-state index contributed by atoms with van der Waals surface area (Å²) in [7, 11) is -2.28. The Morgan fingerprint density at radius 1 is 1.37 bits per heavy atom. The molecule has 1 atom stereocenters. The van der Waals surface area contributed by atoms with Crippen LogP contribution in [-0.4, -0.2) is 26.3 Å². The van der Waals surface area contributed by atoms with E-state index in [1.54, 1.807) is 20.8 Å². The van der Waals surface area contributed by atoms with E-state index in [0.717, 1.165) is 4.31 Å². The number of hydrogen-bond donors (Lipinski definition) is 0. The smallest absolute Gasteiger partial charge is 0.207 e. The third-order valence-corrected chi connectivity index (χ3v) is 4.97. The Labute approximate surface area is 113 Å². The van der Waals surface area contributed by atoms with Crippen LogP contribution >= 0.6 is 0 Å². The highest BCUT2D eigenvalue weighted by molar-refractivity contribution is 7.89. The van der Waals surface area contributed by atoms with Gasteiger partial charge in [-0.05, 0) is 44.0 Å². The summed E-state index contributed by atoms with van der Waals surface area (Å²) in [6, 6.07) is 4.38. The zero-order chi connectivity index (χ0) is 14.8. The Morgan fingerprint density at radius 3 is 2.26 bits per heavy atom. The number of rotatable bonds is 4. The van der Waals surface area contributed by atoms with E-state index in [4.69, 9.17) is 5.26 Å². The molecule has 0 heterocycles. The van der Waals surface area contributed by atoms with Crippen molar-refractivity contribution >= 4 is 10.0 Å². The van der Waals surface area contributed by atoms with Crippen LogP contribution in [0.1, 0.15) is 18.1 Å². The van der Waals surface area contributed by atoms with Crippen LogP contribution in [0.2, 0.25) is 0 Å². The Morgan fingerprint density at radius 2 is 1.84 bits per heavy atom. The number of nitriles is 1. The maximum atomic E-state index is 13.2. The Bertz CT molecular complexity index is 597. The van der Waals surface area contributed by atoms with Crippen LogP contribution in [0.3, 0.4) is 0 Å². The molecular formula is C13H17FN2O2S. The normalized spacial score (nSPS) is 13.3. The van der Waals surface area contributed by atoms with Crippen molar-refractivity contribution in [2.45, 2.75) is 25.7 Å². The molecule has 1 rings (SSSR count). The van der Waals surface area contributed by atoms with Gasteiger partial charge in [-0.1, -0.05) is 0 Å². The first-order chi connectivity index (χ1) is 8.70. The second kappa shape index (κ2) is 5.68. The molecule has 0 radical (unpaired) electrons. The molecule has 0 bridgehead atoms. The number of benzene rings is 1. The number of halogens is 1. The van der Waals surface area contributed by atoms with E-state index >= 15 is 0 Å². The third kappa shape index (κ3) is 3.31. The predicted octanol–water partition coefficient (Wildman–Crippen LogP) is 2.22. The van der Waals surface area contributed by atoms with Gasteiger partial charge in [-0.3, -0.25) is 0 Å². The number of sulfonamides is 1. The molecule has 0 aromatic heterocycles. The van der Waals surface area contributed by atoms with Gasteiger partial charge in [0, 0.05) is 13.6 Å². The van der Waals surface area contributed by atoms with Gasteiger partial charge < -0.3 is 0 Å². The lowest BCUT2D eigenvalue weighted by atomic mass is 10.1. The van der Waals surface area contributed by atoms with Crippen molar-refractivity contribution in [2.75, 3.05) is 13.6 Å². The zero-order valence-corrected chi connectivity index (χ0v) is 12.3. The predicted molar refractivity (Wildman–Crippen MR) is 70.5 cm³/mol. The molecule has 0 aliphatic carbocycles. The summed E-state index contributed by atoms with van der Waals surface area (Å²) >= 11 is 0. The molecule has 0 saturated carbocycles. The second-order valence-electron chi connectivity index (χ2n) is 4.68. The third-order valence-electron chi connectivity index (χ3n) is 2.84. The number of aryl methyl sites for hydroxylation is 2. The van der Waals surface area contributed by atoms with E-state index in [9.17, 15) is 12.8 Å². The van der Waals surface area contributed by atoms with Gasteiger partial charge in [0.1, 0.15) is 5.82 Å². The largest absolute Gasteiger partial charge is 0.243 e. The average Bonchev–Trinajstić information content (AvgIpc) is 2.26. The lowest BCUT2D eigenvalue weighted by Gasteiger charge is -2.20. The maximum absolute atomic E-state index is 13.2. The van der Waals surface area contributed by atoms with Crippen molar-refractivity contribution < 1.29 is 12.8 Å². The van der Waals surface area contributed by atoms with Gasteiger partial charge in [0.2, 0.25) is 10.0 Å². The van der Waals surface area contributed by atoms with Gasteiger partial charge in [-0.2, -0.15) is 9.57 Å². The van der Waals surface area contributed by atoms with Crippen molar-refractivity contribution in [1.29, 1.82) is 5.26 Å². The van der Waals surface area contributed by atoms with Gasteiger partial charge in [0.05, 0.1) is 16.9 Å². The molecule has 1 unspecified atom stereocenters. The molecule has 0 spiro atoms. The van der Waals surface area contributed by atoms with Gasteiger partial charge >= 0.3 is 0 Å². The summed E-state index contributed by atoms with van der Waals surface area (Å²) in [5.74, 6) is -0.858. The Kier molecular flexibility index (Phi) is 4.66. The van der Waals surface area contributed by atoms with Crippen LogP contribution < -0.4 is 0 Å². The highest BCUT2D eigenvalue weighted by Crippen LogP contribution is 2.24. The van der Waals surface area contributed by atoms with Crippen LogP contribution in [-0.2, 0) is 10.0 Å². The quantitative estimate of drug-likeness (QED) is 0.851. The SMILES string of the molecule is Cc1cc(F)cc(C)c1S(=O)(=O)N(C)CC(C)C#N. The summed E-state index contributed by atoms with van der Waals surface area (Å²) in [5, 5.41) is 8.74. The van der Waals surface area contributed by atoms with Crippen LogP contribution in [0.5, 0.6) is 0 Å². The van der Waals surface area contributed by atoms with Crippen molar-refractivity contribution in [1.82, 2.24) is 4.31 Å². The van der Waals surface area contributed by atoms with Crippen molar-refractivity contribution in [3.63, 3.8) is 0 Å². The fourth-order valence-electron chi connectivity index (χ4n) is 1.98. The summed E-state index contributed by atoms with van der Waals surface area (Å²) in [6.07, 6.45) is 0. The topological polar surface area (TPSA) is 61.2 Å². The molecular weight excluding hydrogens is 267 g/mol. The fourth-order valence-corrected chi connectivity index (χ4v) is 3.65. The number of nitrogens with zero attached hydrogens (tertiary/aromatic N) is 2. The maximum Gasteiger partial charge on any atom is 0.243 e. The summed E-state index contributed by atoms with van der Waals surface area (Å²) in [4.78, 5) is 0.113. The average molecular weight is 284 g/mol. The fraction of sp³-hybridized carbons (Fsp3) is 0.462. The summed E-state index contributed by atoms with van der Waals surface area (Å²) in [6.45, 7) is 4.88. The molecule has 0 aliphatic heterocycles. The standard InChI is InChI=1S/C13H17FN2O2S/c1-9(7-15)8-16(4)19(17,18)13-10(2)5-12(14)6-11(13)3/h5-6,9H,8H2,1-4H3. The Balaban J connectivity index is 3.25. The molecule has 19 heavy (non-hydrogen) atoms. The summed E-state index contributed by atoms with van der Waals surface area (Å²) in [5.41, 5.74) is 0.739. The highest BCUT2D eigenvalue weighted by atomic mass is 32.2. The van der Waals surface area contributed by atoms with E-state index < -0.39 is 21.8 Å². The van der Waals surface area contributed by atoms with Gasteiger partial charge in [-0.25, -0.2) is 12.8 Å². The molecule has 0 amide bonds. The minimum atomic E-state index is -3.71. The lowest BCUT2D eigenvalue weighted by molar-refractivity contribution is 0.438. The zero-order valence-electron chi connectivity index (χ0n) is 11.4. The minimum absolute atomic E-state index is 0.106. The minimum Gasteiger partial charge on any atom is -0.207 e. The van der Waals surface area contributed by atoms with E-state index in [1.165, 1.54) is 19.2 Å². The molecule has 6 heteroatoms. The second-order valence-corrected chi connectivity index (χ2v) is 6.67. The molecule has 0 saturated heterocycles. The van der Waals surface area contributed by atoms with Crippen LogP contribution in [0.4, 0.5) is 4.39 Å². The van der Waals surface area contributed by atoms with Gasteiger partial charge in [0.25, 0.3) is 0 Å². The molecule has 1 aromatic carbocycles. The molecule has 0 fully saturated rings. The Hall–Kier alpha value is -1.45. The first-order valence-corrected chi connectivity index (χ1v) is 7.27. The van der Waals surface area contributed by atoms with Gasteiger partial charge in [-0.15, -0.1) is 0 Å². The molecule has 1 aromatic rings. The van der Waals surface area contributed by atoms with E-state index in [-0.39, 0.29) is 11.4 Å². The molecule has 0 aliphatic rings. The van der Waals surface area contributed by atoms with Gasteiger partial charge in [0.15, 0.2) is 0 Å². The summed E-state index contributed by atoms with van der Waals surface area (Å²) < 4.78 is 39.2. The van der Waals surface area contributed by atoms with E-state index in [2.05, 4.69) is 0 Å². The van der Waals surface area contributed by atoms with Crippen molar-refractivity contribution in [3.8, 4) is 6.07 Å². The van der Waals surface area contributed by atoms with Crippen LogP contribution in [0.25, 0.3) is 0 Å². The van der Waals surface area contributed by atoms with E-state index in [1.807, 2.05) is 6.07 Å². The van der Waals surface area contributed by atoms with Crippen LogP contribution in [0, 0.1) is 36.9 Å². The molecule has 0 N–H and O–H groups in total.